The van der Waals surface area contributed by atoms with Crippen LogP contribution in [0.5, 0.6) is 5.75 Å². The van der Waals surface area contributed by atoms with Crippen LogP contribution in [0.15, 0.2) is 48.0 Å². The molecule has 6 heterocycles. The topological polar surface area (TPSA) is 140 Å². The number of aromatic amines is 2. The number of likely N-dealkylation sites (N-methyl/N-ethyl adjacent to an activating group) is 1. The summed E-state index contributed by atoms with van der Waals surface area (Å²) in [5.74, 6) is -0.426. The molecule has 4 aromatic rings. The smallest absolute Gasteiger partial charge is 0.319 e. The molecule has 0 spiro atoms. The van der Waals surface area contributed by atoms with Gasteiger partial charge in [-0.3, -0.25) is 19.4 Å². The first kappa shape index (κ1) is 36.5. The Morgan fingerprint density at radius 1 is 1.02 bits per heavy atom. The van der Waals surface area contributed by atoms with Crippen molar-refractivity contribution in [2.45, 2.75) is 82.0 Å². The number of rotatable bonds is 6. The maximum Gasteiger partial charge on any atom is 0.319 e. The van der Waals surface area contributed by atoms with Crippen molar-refractivity contribution in [3.8, 4) is 5.75 Å². The third kappa shape index (κ3) is 4.76. The van der Waals surface area contributed by atoms with Crippen molar-refractivity contribution in [3.05, 3.63) is 76.1 Å². The van der Waals surface area contributed by atoms with Crippen LogP contribution in [0.3, 0.4) is 0 Å². The van der Waals surface area contributed by atoms with Crippen LogP contribution < -0.4 is 4.74 Å². The SMILES string of the molecule is C/C=C1/CN(C)[C@H]2Cc3c([nH]c4ccccc34)C(c3c(OC)ccc4c5c([nH]c34)[C@@]3(C(=O)OC)C[C@@H]4C[C@H](CC)C3N(CC5)C4O)C[C@H]1C2(CO)C(=O)OC. The first-order valence-corrected chi connectivity index (χ1v) is 20.0. The van der Waals surface area contributed by atoms with E-state index in [1.54, 1.807) is 7.11 Å². The number of allylic oxidation sites excluding steroid dienone is 1. The summed E-state index contributed by atoms with van der Waals surface area (Å²) in [5, 5.41) is 25.2. The largest absolute Gasteiger partial charge is 0.496 e. The van der Waals surface area contributed by atoms with E-state index in [-0.39, 0.29) is 48.3 Å². The quantitative estimate of drug-likeness (QED) is 0.155. The van der Waals surface area contributed by atoms with Gasteiger partial charge >= 0.3 is 11.9 Å². The number of fused-ring (bicyclic) bond motifs is 9. The lowest BCUT2D eigenvalue weighted by Crippen LogP contribution is -2.70. The summed E-state index contributed by atoms with van der Waals surface area (Å²) in [6.07, 6.45) is 5.51. The Hall–Kier alpha value is -4.16. The molecule has 5 unspecified atom stereocenters. The lowest BCUT2D eigenvalue weighted by molar-refractivity contribution is -0.196. The number of hydrogen-bond donors (Lipinski definition) is 4. The maximum atomic E-state index is 14.5. The van der Waals surface area contributed by atoms with E-state index in [2.05, 4.69) is 51.0 Å². The molecule has 2 aromatic heterocycles. The van der Waals surface area contributed by atoms with E-state index in [1.807, 2.05) is 32.2 Å². The van der Waals surface area contributed by atoms with Crippen LogP contribution in [-0.2, 0) is 37.3 Å². The van der Waals surface area contributed by atoms with Crippen LogP contribution in [-0.4, -0.2) is 108 Å². The van der Waals surface area contributed by atoms with Crippen molar-refractivity contribution < 1.29 is 34.0 Å². The van der Waals surface area contributed by atoms with E-state index < -0.39 is 23.0 Å². The standard InChI is InChI=1S/C44H54N4O7/c1-7-23-17-25-20-43(41(51)54-5)38-28(15-16-48(39(23)43)40(25)50)27-13-14-33(53-4)35(37(27)46-38)30-18-31-24(8-2)21-47(3)34(44(31,22-49)42(52)55-6)19-29-26-11-9-10-12-32(26)45-36(29)30/h8-14,23,25,30-31,34,39-40,45-46,49-50H,7,15-22H2,1-6H3/b24-8-/t23-,25-,30?,31+,34-,39?,40?,43-,44?/m0/s1. The minimum Gasteiger partial charge on any atom is -0.496 e. The van der Waals surface area contributed by atoms with Crippen LogP contribution >= 0.6 is 0 Å². The zero-order valence-corrected chi connectivity index (χ0v) is 32.8. The molecule has 2 aliphatic carbocycles. The van der Waals surface area contributed by atoms with Crippen molar-refractivity contribution in [1.82, 2.24) is 19.8 Å². The molecule has 0 radical (unpaired) electrons. The number of aliphatic hydroxyl groups is 2. The average molecular weight is 751 g/mol. The molecule has 4 fully saturated rings. The number of carbonyl (C=O) groups excluding carboxylic acids is 2. The molecular weight excluding hydrogens is 697 g/mol. The molecule has 55 heavy (non-hydrogen) atoms. The van der Waals surface area contributed by atoms with Crippen molar-refractivity contribution in [2.24, 2.45) is 23.2 Å². The third-order valence-electron chi connectivity index (χ3n) is 14.9. The van der Waals surface area contributed by atoms with E-state index in [0.717, 1.165) is 68.3 Å². The van der Waals surface area contributed by atoms with E-state index in [4.69, 9.17) is 14.2 Å². The van der Waals surface area contributed by atoms with Gasteiger partial charge in [0.25, 0.3) is 0 Å². The van der Waals surface area contributed by atoms with Gasteiger partial charge in [0.05, 0.1) is 33.5 Å². The number of benzene rings is 2. The van der Waals surface area contributed by atoms with Crippen LogP contribution in [0.4, 0.5) is 0 Å². The number of aromatic nitrogens is 2. The van der Waals surface area contributed by atoms with E-state index in [9.17, 15) is 19.8 Å². The van der Waals surface area contributed by atoms with Gasteiger partial charge in [0, 0.05) is 76.2 Å². The molecule has 11 heteroatoms. The lowest BCUT2D eigenvalue weighted by Gasteiger charge is -2.59. The highest BCUT2D eigenvalue weighted by atomic mass is 16.5. The van der Waals surface area contributed by atoms with E-state index in [0.29, 0.717) is 44.5 Å². The number of ether oxygens (including phenoxy) is 3. The third-order valence-corrected chi connectivity index (χ3v) is 14.9. The number of methoxy groups -OCH3 is 3. The van der Waals surface area contributed by atoms with Gasteiger partial charge in [0.15, 0.2) is 0 Å². The van der Waals surface area contributed by atoms with Gasteiger partial charge in [-0.05, 0) is 81.3 Å². The van der Waals surface area contributed by atoms with Crippen LogP contribution in [0.2, 0.25) is 0 Å². The first-order valence-electron chi connectivity index (χ1n) is 20.0. The van der Waals surface area contributed by atoms with Crippen LogP contribution in [0.25, 0.3) is 21.8 Å². The Balaban J connectivity index is 1.34. The first-order chi connectivity index (χ1) is 26.6. The maximum absolute atomic E-state index is 14.5. The molecule has 6 bridgehead atoms. The number of H-pyrrole nitrogens is 2. The van der Waals surface area contributed by atoms with Crippen molar-refractivity contribution in [1.29, 1.82) is 0 Å². The Morgan fingerprint density at radius 2 is 1.80 bits per heavy atom. The molecule has 10 rings (SSSR count). The van der Waals surface area contributed by atoms with Gasteiger partial charge in [-0.15, -0.1) is 0 Å². The number of aliphatic hydroxyl groups excluding tert-OH is 2. The predicted octanol–water partition coefficient (Wildman–Crippen LogP) is 5.17. The Morgan fingerprint density at radius 3 is 2.51 bits per heavy atom. The summed E-state index contributed by atoms with van der Waals surface area (Å²) >= 11 is 0. The van der Waals surface area contributed by atoms with Gasteiger partial charge in [-0.2, -0.15) is 0 Å². The highest BCUT2D eigenvalue weighted by molar-refractivity contribution is 5.95. The average Bonchev–Trinajstić information content (AvgIpc) is 3.73. The van der Waals surface area contributed by atoms with E-state index >= 15 is 0 Å². The Labute approximate surface area is 322 Å². The molecule has 4 aliphatic heterocycles. The molecule has 10 atom stereocenters. The Bertz CT molecular complexity index is 2220. The zero-order chi connectivity index (χ0) is 38.6. The highest BCUT2D eigenvalue weighted by Gasteiger charge is 2.65. The van der Waals surface area contributed by atoms with Gasteiger partial charge in [-0.1, -0.05) is 43.2 Å². The van der Waals surface area contributed by atoms with Crippen molar-refractivity contribution in [2.75, 3.05) is 48.1 Å². The molecule has 3 saturated heterocycles. The summed E-state index contributed by atoms with van der Waals surface area (Å²) in [6, 6.07) is 11.9. The minimum atomic E-state index is -1.22. The summed E-state index contributed by atoms with van der Waals surface area (Å²) in [6.45, 7) is 5.14. The number of likely N-dealkylation sites (tertiary alicyclic amines) is 1. The van der Waals surface area contributed by atoms with Gasteiger partial charge in [0.1, 0.15) is 22.8 Å². The van der Waals surface area contributed by atoms with Gasteiger partial charge in [0.2, 0.25) is 0 Å². The summed E-state index contributed by atoms with van der Waals surface area (Å²) in [4.78, 5) is 41.0. The zero-order valence-electron chi connectivity index (χ0n) is 32.8. The number of esters is 2. The second kappa shape index (κ2) is 13.2. The number of hydrogen-bond acceptors (Lipinski definition) is 9. The Kier molecular flexibility index (Phi) is 8.77. The van der Waals surface area contributed by atoms with E-state index in [1.165, 1.54) is 14.2 Å². The number of nitrogens with zero attached hydrogens (tertiary/aromatic N) is 2. The van der Waals surface area contributed by atoms with Gasteiger partial charge in [-0.25, -0.2) is 0 Å². The fraction of sp³-hybridized carbons (Fsp3) is 0.545. The summed E-state index contributed by atoms with van der Waals surface area (Å²) in [5.41, 5.74) is 5.91. The fourth-order valence-electron chi connectivity index (χ4n) is 12.6. The minimum absolute atomic E-state index is 0.0542. The number of piperidine rings is 3. The highest BCUT2D eigenvalue weighted by Crippen LogP contribution is 2.59. The molecule has 292 valence electrons. The second-order valence-electron chi connectivity index (χ2n) is 16.9. The molecule has 0 amide bonds. The second-order valence-corrected chi connectivity index (χ2v) is 16.9. The molecule has 11 nitrogen and oxygen atoms in total. The molecule has 6 aliphatic rings. The van der Waals surface area contributed by atoms with Crippen LogP contribution in [0.1, 0.15) is 73.5 Å². The summed E-state index contributed by atoms with van der Waals surface area (Å²) in [7, 11) is 6.65. The number of para-hydroxylation sites is 1. The van der Waals surface area contributed by atoms with Crippen molar-refractivity contribution in [3.63, 3.8) is 0 Å². The molecule has 4 N–H and O–H groups in total. The van der Waals surface area contributed by atoms with Crippen LogP contribution in [0, 0.1) is 23.2 Å². The molecular formula is C44H54N4O7. The fourth-order valence-corrected chi connectivity index (χ4v) is 12.6. The van der Waals surface area contributed by atoms with Gasteiger partial charge < -0.3 is 34.4 Å². The molecule has 2 aromatic carbocycles. The number of carbonyl (C=O) groups is 2. The predicted molar refractivity (Wildman–Crippen MR) is 209 cm³/mol. The normalized spacial score (nSPS) is 34.8. The van der Waals surface area contributed by atoms with Crippen molar-refractivity contribution >= 4 is 33.7 Å². The monoisotopic (exact) mass is 750 g/mol. The lowest BCUT2D eigenvalue weighted by atomic mass is 9.56. The molecule has 1 saturated carbocycles. The summed E-state index contributed by atoms with van der Waals surface area (Å²) < 4.78 is 17.6. The number of nitrogens with one attached hydrogen (secondary N) is 2.